The van der Waals surface area contributed by atoms with Gasteiger partial charge in [0.2, 0.25) is 11.8 Å². The third kappa shape index (κ3) is 4.75. The molecule has 0 aliphatic carbocycles. The van der Waals surface area contributed by atoms with Crippen LogP contribution in [0.2, 0.25) is 0 Å². The smallest absolute Gasteiger partial charge is 0.244 e. The number of hydrogen-bond donors (Lipinski definition) is 1. The number of nitrogens with zero attached hydrogens (tertiary/aromatic N) is 4. The SMILES string of the molecule is CNC(C(=O)N1CCCN(C(=O)Cc2cccc(F)c2)CC1)c1cnn(C)c1. The summed E-state index contributed by atoms with van der Waals surface area (Å²) in [6.07, 6.45) is 4.39. The van der Waals surface area contributed by atoms with Gasteiger partial charge < -0.3 is 15.1 Å². The zero-order valence-corrected chi connectivity index (χ0v) is 16.3. The summed E-state index contributed by atoms with van der Waals surface area (Å²) < 4.78 is 15.0. The molecule has 3 rings (SSSR count). The first-order valence-corrected chi connectivity index (χ1v) is 9.44. The summed E-state index contributed by atoms with van der Waals surface area (Å²) in [5.74, 6) is -0.404. The lowest BCUT2D eigenvalue weighted by Crippen LogP contribution is -2.42. The maximum atomic E-state index is 13.3. The van der Waals surface area contributed by atoms with Gasteiger partial charge in [0.1, 0.15) is 11.9 Å². The van der Waals surface area contributed by atoms with E-state index >= 15 is 0 Å². The summed E-state index contributed by atoms with van der Waals surface area (Å²) >= 11 is 0. The number of likely N-dealkylation sites (N-methyl/N-ethyl adjacent to an activating group) is 1. The van der Waals surface area contributed by atoms with Crippen molar-refractivity contribution in [1.29, 1.82) is 0 Å². The zero-order valence-electron chi connectivity index (χ0n) is 16.3. The van der Waals surface area contributed by atoms with Gasteiger partial charge >= 0.3 is 0 Å². The van der Waals surface area contributed by atoms with Gasteiger partial charge in [-0.25, -0.2) is 4.39 Å². The molecule has 2 heterocycles. The Morgan fingerprint density at radius 1 is 1.21 bits per heavy atom. The lowest BCUT2D eigenvalue weighted by atomic mass is 10.1. The normalized spacial score (nSPS) is 16.0. The van der Waals surface area contributed by atoms with Crippen molar-refractivity contribution in [3.63, 3.8) is 0 Å². The molecule has 2 amide bonds. The molecule has 2 aromatic rings. The number of rotatable bonds is 5. The number of benzene rings is 1. The Hall–Kier alpha value is -2.74. The van der Waals surface area contributed by atoms with E-state index in [0.29, 0.717) is 38.2 Å². The Morgan fingerprint density at radius 2 is 1.96 bits per heavy atom. The molecule has 1 aliphatic heterocycles. The highest BCUT2D eigenvalue weighted by molar-refractivity contribution is 5.83. The van der Waals surface area contributed by atoms with Crippen molar-refractivity contribution in [3.05, 3.63) is 53.6 Å². The van der Waals surface area contributed by atoms with E-state index in [4.69, 9.17) is 0 Å². The molecular weight excluding hydrogens is 361 g/mol. The highest BCUT2D eigenvalue weighted by atomic mass is 19.1. The highest BCUT2D eigenvalue weighted by Crippen LogP contribution is 2.17. The van der Waals surface area contributed by atoms with Gasteiger partial charge in [-0.1, -0.05) is 12.1 Å². The number of halogens is 1. The van der Waals surface area contributed by atoms with Crippen molar-refractivity contribution in [2.45, 2.75) is 18.9 Å². The first-order chi connectivity index (χ1) is 13.5. The number of nitrogens with one attached hydrogen (secondary N) is 1. The second kappa shape index (κ2) is 8.97. The van der Waals surface area contributed by atoms with Crippen LogP contribution in [-0.4, -0.2) is 64.6 Å². The van der Waals surface area contributed by atoms with Crippen LogP contribution < -0.4 is 5.32 Å². The van der Waals surface area contributed by atoms with Crippen LogP contribution in [0.5, 0.6) is 0 Å². The van der Waals surface area contributed by atoms with Gasteiger partial charge in [-0.05, 0) is 31.2 Å². The first kappa shape index (κ1) is 20.0. The molecular formula is C20H26FN5O2. The van der Waals surface area contributed by atoms with Crippen LogP contribution in [0.25, 0.3) is 0 Å². The maximum Gasteiger partial charge on any atom is 0.244 e. The minimum atomic E-state index is -0.455. The van der Waals surface area contributed by atoms with Crippen molar-refractivity contribution in [2.75, 3.05) is 33.2 Å². The summed E-state index contributed by atoms with van der Waals surface area (Å²) in [5.41, 5.74) is 1.48. The van der Waals surface area contributed by atoms with E-state index < -0.39 is 6.04 Å². The monoisotopic (exact) mass is 387 g/mol. The van der Waals surface area contributed by atoms with Crippen LogP contribution in [0.3, 0.4) is 0 Å². The molecule has 1 N–H and O–H groups in total. The Balaban J connectivity index is 1.60. The fourth-order valence-corrected chi connectivity index (χ4v) is 3.53. The summed E-state index contributed by atoms with van der Waals surface area (Å²) in [6.45, 7) is 2.14. The predicted octanol–water partition coefficient (Wildman–Crippen LogP) is 1.12. The number of carbonyl (C=O) groups excluding carboxylic acids is 2. The third-order valence-electron chi connectivity index (χ3n) is 5.00. The standard InChI is InChI=1S/C20H26FN5O2/c1-22-19(16-13-23-24(2)14-16)20(28)26-8-4-7-25(9-10-26)18(27)12-15-5-3-6-17(21)11-15/h3,5-6,11,13-14,19,22H,4,7-10,12H2,1-2H3. The largest absolute Gasteiger partial charge is 0.341 e. The fraction of sp³-hybridized carbons (Fsp3) is 0.450. The minimum Gasteiger partial charge on any atom is -0.341 e. The van der Waals surface area contributed by atoms with Crippen molar-refractivity contribution >= 4 is 11.8 Å². The molecule has 1 saturated heterocycles. The molecule has 1 aromatic heterocycles. The summed E-state index contributed by atoms with van der Waals surface area (Å²) in [6, 6.07) is 5.65. The first-order valence-electron chi connectivity index (χ1n) is 9.44. The molecule has 28 heavy (non-hydrogen) atoms. The topological polar surface area (TPSA) is 70.5 Å². The average molecular weight is 387 g/mol. The van der Waals surface area contributed by atoms with Gasteiger partial charge in [0, 0.05) is 45.0 Å². The van der Waals surface area contributed by atoms with Crippen LogP contribution in [0, 0.1) is 5.82 Å². The number of carbonyl (C=O) groups is 2. The molecule has 0 saturated carbocycles. The van der Waals surface area contributed by atoms with Gasteiger partial charge in [-0.3, -0.25) is 14.3 Å². The van der Waals surface area contributed by atoms with E-state index in [1.54, 1.807) is 39.9 Å². The molecule has 0 bridgehead atoms. The fourth-order valence-electron chi connectivity index (χ4n) is 3.53. The van der Waals surface area contributed by atoms with E-state index in [0.717, 1.165) is 5.56 Å². The number of hydrogen-bond acceptors (Lipinski definition) is 4. The van der Waals surface area contributed by atoms with Gasteiger partial charge in [-0.15, -0.1) is 0 Å². The van der Waals surface area contributed by atoms with E-state index in [2.05, 4.69) is 10.4 Å². The lowest BCUT2D eigenvalue weighted by molar-refractivity contribution is -0.134. The third-order valence-corrected chi connectivity index (χ3v) is 5.00. The summed E-state index contributed by atoms with van der Waals surface area (Å²) in [7, 11) is 3.57. The lowest BCUT2D eigenvalue weighted by Gasteiger charge is -2.26. The summed E-state index contributed by atoms with van der Waals surface area (Å²) in [4.78, 5) is 29.1. The van der Waals surface area contributed by atoms with Crippen LogP contribution in [0.4, 0.5) is 4.39 Å². The molecule has 150 valence electrons. The average Bonchev–Trinajstić information content (AvgIpc) is 2.94. The van der Waals surface area contributed by atoms with E-state index in [-0.39, 0.29) is 24.1 Å². The predicted molar refractivity (Wildman–Crippen MR) is 103 cm³/mol. The molecule has 1 aromatic carbocycles. The van der Waals surface area contributed by atoms with E-state index in [9.17, 15) is 14.0 Å². The van der Waals surface area contributed by atoms with Crippen LogP contribution in [0.15, 0.2) is 36.7 Å². The molecule has 1 aliphatic rings. The zero-order chi connectivity index (χ0) is 20.1. The van der Waals surface area contributed by atoms with Gasteiger partial charge in [0.25, 0.3) is 0 Å². The Bertz CT molecular complexity index is 838. The quantitative estimate of drug-likeness (QED) is 0.835. The Kier molecular flexibility index (Phi) is 6.41. The van der Waals surface area contributed by atoms with Crippen molar-refractivity contribution in [1.82, 2.24) is 24.9 Å². The molecule has 1 unspecified atom stereocenters. The second-order valence-corrected chi connectivity index (χ2v) is 7.04. The van der Waals surface area contributed by atoms with Crippen LogP contribution >= 0.6 is 0 Å². The van der Waals surface area contributed by atoms with E-state index in [1.807, 2.05) is 13.2 Å². The van der Waals surface area contributed by atoms with Crippen LogP contribution in [-0.2, 0) is 23.1 Å². The van der Waals surface area contributed by atoms with Crippen molar-refractivity contribution in [3.8, 4) is 0 Å². The Morgan fingerprint density at radius 3 is 2.64 bits per heavy atom. The number of aromatic nitrogens is 2. The number of aryl methyl sites for hydroxylation is 1. The Labute approximate surface area is 164 Å². The highest BCUT2D eigenvalue weighted by Gasteiger charge is 2.28. The minimum absolute atomic E-state index is 0.0186. The van der Waals surface area contributed by atoms with Crippen LogP contribution in [0.1, 0.15) is 23.6 Å². The van der Waals surface area contributed by atoms with Crippen molar-refractivity contribution < 1.29 is 14.0 Å². The molecule has 1 fully saturated rings. The molecule has 8 heteroatoms. The van der Waals surface area contributed by atoms with Gasteiger partial charge in [0.05, 0.1) is 12.6 Å². The van der Waals surface area contributed by atoms with E-state index in [1.165, 1.54) is 12.1 Å². The summed E-state index contributed by atoms with van der Waals surface area (Å²) in [5, 5.41) is 7.20. The number of amides is 2. The van der Waals surface area contributed by atoms with Crippen molar-refractivity contribution in [2.24, 2.45) is 7.05 Å². The van der Waals surface area contributed by atoms with Gasteiger partial charge in [-0.2, -0.15) is 5.10 Å². The molecule has 7 nitrogen and oxygen atoms in total. The maximum absolute atomic E-state index is 13.3. The second-order valence-electron chi connectivity index (χ2n) is 7.04. The molecule has 1 atom stereocenters. The molecule has 0 radical (unpaired) electrons. The molecule has 0 spiro atoms. The van der Waals surface area contributed by atoms with Gasteiger partial charge in [0.15, 0.2) is 0 Å².